The molecule has 1 aromatic carbocycles. The van der Waals surface area contributed by atoms with Crippen molar-refractivity contribution in [3.63, 3.8) is 0 Å². The number of hydrogen-bond acceptors (Lipinski definition) is 3. The molecule has 1 fully saturated rings. The molecule has 2 N–H and O–H groups in total. The standard InChI is InChI=1S/C17H24N4/c1-12(2)13-8-9-16(18)15(10-13)17-11-19-20-21(17)14-6-4-3-5-7-14/h3-7,11-13,15-16H,8-10,18H2,1-2H3. The van der Waals surface area contributed by atoms with Gasteiger partial charge in [-0.2, -0.15) is 0 Å². The summed E-state index contributed by atoms with van der Waals surface area (Å²) >= 11 is 0. The summed E-state index contributed by atoms with van der Waals surface area (Å²) in [6.07, 6.45) is 5.36. The van der Waals surface area contributed by atoms with Gasteiger partial charge in [0.2, 0.25) is 0 Å². The van der Waals surface area contributed by atoms with Crippen molar-refractivity contribution >= 4 is 0 Å². The van der Waals surface area contributed by atoms with Gasteiger partial charge in [0.05, 0.1) is 17.6 Å². The Morgan fingerprint density at radius 3 is 2.67 bits per heavy atom. The van der Waals surface area contributed by atoms with Crippen LogP contribution in [0.4, 0.5) is 0 Å². The van der Waals surface area contributed by atoms with Gasteiger partial charge in [0.25, 0.3) is 0 Å². The molecule has 4 nitrogen and oxygen atoms in total. The minimum Gasteiger partial charge on any atom is -0.327 e. The van der Waals surface area contributed by atoms with E-state index in [1.165, 1.54) is 6.42 Å². The van der Waals surface area contributed by atoms with E-state index in [-0.39, 0.29) is 6.04 Å². The third-order valence-corrected chi connectivity index (χ3v) is 4.84. The largest absolute Gasteiger partial charge is 0.327 e. The lowest BCUT2D eigenvalue weighted by Crippen LogP contribution is -2.36. The monoisotopic (exact) mass is 284 g/mol. The van der Waals surface area contributed by atoms with Crippen LogP contribution in [-0.2, 0) is 0 Å². The Bertz CT molecular complexity index is 575. The highest BCUT2D eigenvalue weighted by molar-refractivity contribution is 5.32. The molecule has 1 saturated carbocycles. The van der Waals surface area contributed by atoms with Crippen LogP contribution in [0.2, 0.25) is 0 Å². The Kier molecular flexibility index (Phi) is 4.06. The van der Waals surface area contributed by atoms with Crippen LogP contribution in [0.3, 0.4) is 0 Å². The minimum atomic E-state index is 0.209. The van der Waals surface area contributed by atoms with Crippen LogP contribution in [0.25, 0.3) is 5.69 Å². The number of aromatic nitrogens is 3. The summed E-state index contributed by atoms with van der Waals surface area (Å²) < 4.78 is 1.95. The third kappa shape index (κ3) is 2.86. The number of para-hydroxylation sites is 1. The molecule has 0 spiro atoms. The fourth-order valence-electron chi connectivity index (χ4n) is 3.44. The van der Waals surface area contributed by atoms with E-state index in [0.717, 1.165) is 30.1 Å². The number of rotatable bonds is 3. The summed E-state index contributed by atoms with van der Waals surface area (Å²) in [6.45, 7) is 4.62. The predicted molar refractivity (Wildman–Crippen MR) is 84.3 cm³/mol. The molecule has 3 rings (SSSR count). The summed E-state index contributed by atoms with van der Waals surface area (Å²) in [4.78, 5) is 0. The highest BCUT2D eigenvalue weighted by atomic mass is 15.4. The minimum absolute atomic E-state index is 0.209. The van der Waals surface area contributed by atoms with Crippen molar-refractivity contribution < 1.29 is 0 Å². The normalized spacial score (nSPS) is 26.2. The summed E-state index contributed by atoms with van der Waals surface area (Å²) in [7, 11) is 0. The smallest absolute Gasteiger partial charge is 0.0733 e. The Morgan fingerprint density at radius 2 is 1.95 bits per heavy atom. The van der Waals surface area contributed by atoms with E-state index in [1.807, 2.05) is 29.1 Å². The topological polar surface area (TPSA) is 56.7 Å². The second kappa shape index (κ2) is 5.98. The fourth-order valence-corrected chi connectivity index (χ4v) is 3.44. The Hall–Kier alpha value is -1.68. The molecule has 21 heavy (non-hydrogen) atoms. The molecule has 0 radical (unpaired) electrons. The van der Waals surface area contributed by atoms with Gasteiger partial charge in [-0.15, -0.1) is 5.10 Å². The van der Waals surface area contributed by atoms with Crippen LogP contribution in [0, 0.1) is 11.8 Å². The number of nitrogens with two attached hydrogens (primary N) is 1. The molecule has 1 aliphatic carbocycles. The van der Waals surface area contributed by atoms with Crippen LogP contribution in [0.15, 0.2) is 36.5 Å². The lowest BCUT2D eigenvalue weighted by Gasteiger charge is -2.36. The zero-order valence-electron chi connectivity index (χ0n) is 12.8. The second-order valence-electron chi connectivity index (χ2n) is 6.49. The van der Waals surface area contributed by atoms with Crippen LogP contribution >= 0.6 is 0 Å². The van der Waals surface area contributed by atoms with E-state index in [0.29, 0.717) is 11.8 Å². The van der Waals surface area contributed by atoms with Crippen LogP contribution in [0.5, 0.6) is 0 Å². The molecule has 3 unspecified atom stereocenters. The first kappa shape index (κ1) is 14.3. The highest BCUT2D eigenvalue weighted by Crippen LogP contribution is 2.38. The summed E-state index contributed by atoms with van der Waals surface area (Å²) in [5.41, 5.74) is 8.62. The first-order valence-corrected chi connectivity index (χ1v) is 7.88. The third-order valence-electron chi connectivity index (χ3n) is 4.84. The lowest BCUT2D eigenvalue weighted by molar-refractivity contribution is 0.228. The second-order valence-corrected chi connectivity index (χ2v) is 6.49. The van der Waals surface area contributed by atoms with Crippen molar-refractivity contribution in [1.29, 1.82) is 0 Å². The van der Waals surface area contributed by atoms with Crippen LogP contribution in [-0.4, -0.2) is 21.0 Å². The van der Waals surface area contributed by atoms with Gasteiger partial charge in [-0.3, -0.25) is 0 Å². The fraction of sp³-hybridized carbons (Fsp3) is 0.529. The number of hydrogen-bond donors (Lipinski definition) is 1. The molecule has 3 atom stereocenters. The molecule has 0 aliphatic heterocycles. The summed E-state index contributed by atoms with van der Waals surface area (Å²) in [6, 6.07) is 10.4. The van der Waals surface area contributed by atoms with Gasteiger partial charge in [-0.1, -0.05) is 37.3 Å². The van der Waals surface area contributed by atoms with Crippen LogP contribution < -0.4 is 5.73 Å². The summed E-state index contributed by atoms with van der Waals surface area (Å²) in [5.74, 6) is 1.80. The maximum absolute atomic E-state index is 6.41. The Balaban J connectivity index is 1.91. The van der Waals surface area contributed by atoms with Gasteiger partial charge in [0.1, 0.15) is 0 Å². The van der Waals surface area contributed by atoms with Gasteiger partial charge in [0, 0.05) is 12.0 Å². The number of benzene rings is 1. The highest BCUT2D eigenvalue weighted by Gasteiger charge is 2.33. The first-order chi connectivity index (χ1) is 10.2. The Labute approximate surface area is 126 Å². The summed E-state index contributed by atoms with van der Waals surface area (Å²) in [5, 5.41) is 8.41. The molecule has 0 amide bonds. The van der Waals surface area contributed by atoms with E-state index in [2.05, 4.69) is 36.3 Å². The zero-order chi connectivity index (χ0) is 14.8. The molecule has 2 aromatic rings. The van der Waals surface area contributed by atoms with Crippen molar-refractivity contribution in [2.24, 2.45) is 17.6 Å². The lowest BCUT2D eigenvalue weighted by atomic mass is 9.73. The van der Waals surface area contributed by atoms with Gasteiger partial charge in [0.15, 0.2) is 0 Å². The SMILES string of the molecule is CC(C)C1CCC(N)C(c2cnnn2-c2ccccc2)C1. The molecule has 1 aromatic heterocycles. The predicted octanol–water partition coefficient (Wildman–Crippen LogP) is 3.13. The van der Waals surface area contributed by atoms with E-state index in [1.54, 1.807) is 0 Å². The molecule has 0 saturated heterocycles. The maximum atomic E-state index is 6.41. The average Bonchev–Trinajstić information content (AvgIpc) is 2.97. The zero-order valence-corrected chi connectivity index (χ0v) is 12.8. The Morgan fingerprint density at radius 1 is 1.19 bits per heavy atom. The van der Waals surface area contributed by atoms with Gasteiger partial charge in [-0.05, 0) is 43.2 Å². The van der Waals surface area contributed by atoms with Crippen molar-refractivity contribution in [1.82, 2.24) is 15.0 Å². The molecular weight excluding hydrogens is 260 g/mol. The van der Waals surface area contributed by atoms with Gasteiger partial charge < -0.3 is 5.73 Å². The first-order valence-electron chi connectivity index (χ1n) is 7.88. The molecule has 1 heterocycles. The van der Waals surface area contributed by atoms with E-state index < -0.39 is 0 Å². The van der Waals surface area contributed by atoms with Crippen molar-refractivity contribution in [2.75, 3.05) is 0 Å². The van der Waals surface area contributed by atoms with E-state index in [4.69, 9.17) is 5.73 Å². The van der Waals surface area contributed by atoms with E-state index in [9.17, 15) is 0 Å². The van der Waals surface area contributed by atoms with Gasteiger partial charge in [-0.25, -0.2) is 4.68 Å². The van der Waals surface area contributed by atoms with Crippen LogP contribution in [0.1, 0.15) is 44.7 Å². The number of nitrogens with zero attached hydrogens (tertiary/aromatic N) is 3. The van der Waals surface area contributed by atoms with Gasteiger partial charge >= 0.3 is 0 Å². The quantitative estimate of drug-likeness (QED) is 0.942. The van der Waals surface area contributed by atoms with Crippen molar-refractivity contribution in [2.45, 2.75) is 45.1 Å². The van der Waals surface area contributed by atoms with E-state index >= 15 is 0 Å². The van der Waals surface area contributed by atoms with Crippen molar-refractivity contribution in [3.05, 3.63) is 42.2 Å². The molecule has 1 aliphatic rings. The maximum Gasteiger partial charge on any atom is 0.0733 e. The average molecular weight is 284 g/mol. The molecule has 4 heteroatoms. The molecular formula is C17H24N4. The van der Waals surface area contributed by atoms with Crippen molar-refractivity contribution in [3.8, 4) is 5.69 Å². The molecule has 112 valence electrons. The molecule has 0 bridgehead atoms.